The van der Waals surface area contributed by atoms with Crippen LogP contribution in [0.15, 0.2) is 36.7 Å². The van der Waals surface area contributed by atoms with Gasteiger partial charge in [-0.1, -0.05) is 12.1 Å². The smallest absolute Gasteiger partial charge is 0.326 e. The number of carbonyl (C=O) groups excluding carboxylic acids is 2. The zero-order chi connectivity index (χ0) is 20.7. The van der Waals surface area contributed by atoms with Crippen LogP contribution in [0.5, 0.6) is 5.75 Å². The maximum atomic E-state index is 12.8. The number of hydrogen-bond acceptors (Lipinski definition) is 5. The minimum Gasteiger partial charge on any atom is -0.497 e. The van der Waals surface area contributed by atoms with Gasteiger partial charge in [-0.3, -0.25) is 14.3 Å². The first-order chi connectivity index (χ1) is 13.3. The second kappa shape index (κ2) is 9.54. The number of nitrogens with zero attached hydrogens (tertiary/aromatic N) is 3. The first-order valence-electron chi connectivity index (χ1n) is 8.75. The van der Waals surface area contributed by atoms with Gasteiger partial charge in [-0.25, -0.2) is 4.79 Å². The Hall–Kier alpha value is -3.36. The molecule has 0 aliphatic heterocycles. The molecule has 1 atom stereocenters. The van der Waals surface area contributed by atoms with Crippen molar-refractivity contribution in [2.75, 3.05) is 20.2 Å². The molecule has 2 rings (SSSR count). The van der Waals surface area contributed by atoms with Crippen LogP contribution in [0.4, 0.5) is 0 Å². The molecule has 0 radical (unpaired) electrons. The monoisotopic (exact) mass is 388 g/mol. The van der Waals surface area contributed by atoms with Crippen LogP contribution in [0.3, 0.4) is 0 Å². The number of amides is 2. The van der Waals surface area contributed by atoms with Crippen LogP contribution in [0.25, 0.3) is 0 Å². The van der Waals surface area contributed by atoms with Crippen molar-refractivity contribution in [3.05, 3.63) is 47.8 Å². The Morgan fingerprint density at radius 2 is 1.96 bits per heavy atom. The van der Waals surface area contributed by atoms with Crippen molar-refractivity contribution < 1.29 is 24.2 Å². The van der Waals surface area contributed by atoms with Crippen molar-refractivity contribution in [3.8, 4) is 5.75 Å². The number of aromatic nitrogens is 2. The summed E-state index contributed by atoms with van der Waals surface area (Å²) in [5.74, 6) is -1.08. The van der Waals surface area contributed by atoms with E-state index in [9.17, 15) is 19.5 Å². The van der Waals surface area contributed by atoms with Crippen molar-refractivity contribution in [3.63, 3.8) is 0 Å². The van der Waals surface area contributed by atoms with Crippen molar-refractivity contribution in [2.45, 2.75) is 26.4 Å². The minimum absolute atomic E-state index is 0.0789. The van der Waals surface area contributed by atoms with Crippen molar-refractivity contribution in [1.29, 1.82) is 0 Å². The first kappa shape index (κ1) is 20.9. The topological polar surface area (TPSA) is 114 Å². The van der Waals surface area contributed by atoms with E-state index in [0.29, 0.717) is 6.54 Å². The van der Waals surface area contributed by atoms with Crippen LogP contribution in [-0.2, 0) is 16.1 Å². The zero-order valence-electron chi connectivity index (χ0n) is 16.1. The third kappa shape index (κ3) is 5.57. The van der Waals surface area contributed by atoms with Gasteiger partial charge in [0, 0.05) is 26.2 Å². The summed E-state index contributed by atoms with van der Waals surface area (Å²) >= 11 is 0. The predicted molar refractivity (Wildman–Crippen MR) is 101 cm³/mol. The highest BCUT2D eigenvalue weighted by atomic mass is 16.5. The summed E-state index contributed by atoms with van der Waals surface area (Å²) in [5.41, 5.74) is 1.26. The fraction of sp³-hybridized carbons (Fsp3) is 0.368. The average Bonchev–Trinajstić information content (AvgIpc) is 3.13. The van der Waals surface area contributed by atoms with Gasteiger partial charge < -0.3 is 20.1 Å². The molecule has 2 N–H and O–H groups in total. The molecule has 0 aliphatic rings. The van der Waals surface area contributed by atoms with Gasteiger partial charge in [0.05, 0.1) is 25.4 Å². The standard InChI is InChI=1S/C19H24N4O5/c1-13(19(26)27)23(9-8-20-14(2)24)18(25)16-10-21-22(12-16)11-15-4-6-17(28-3)7-5-15/h4-7,10,12-13H,8-9,11H2,1-3H3,(H,20,24)(H,26,27). The Bertz CT molecular complexity index is 831. The number of hydrogen-bond donors (Lipinski definition) is 2. The number of carboxylic acids is 1. The lowest BCUT2D eigenvalue weighted by molar-refractivity contribution is -0.141. The molecule has 1 aromatic heterocycles. The molecule has 0 saturated heterocycles. The molecule has 150 valence electrons. The number of aliphatic carboxylic acids is 1. The molecule has 28 heavy (non-hydrogen) atoms. The van der Waals surface area contributed by atoms with E-state index < -0.39 is 17.9 Å². The van der Waals surface area contributed by atoms with Gasteiger partial charge in [0.25, 0.3) is 5.91 Å². The summed E-state index contributed by atoms with van der Waals surface area (Å²) in [7, 11) is 1.59. The quantitative estimate of drug-likeness (QED) is 0.662. The maximum absolute atomic E-state index is 12.8. The Morgan fingerprint density at radius 3 is 2.54 bits per heavy atom. The summed E-state index contributed by atoms with van der Waals surface area (Å²) in [6.45, 7) is 3.48. The van der Waals surface area contributed by atoms with Crippen molar-refractivity contribution in [2.24, 2.45) is 0 Å². The third-order valence-corrected chi connectivity index (χ3v) is 4.20. The molecule has 1 heterocycles. The molecule has 9 heteroatoms. The number of methoxy groups -OCH3 is 1. The third-order valence-electron chi connectivity index (χ3n) is 4.20. The van der Waals surface area contributed by atoms with E-state index in [1.807, 2.05) is 24.3 Å². The van der Waals surface area contributed by atoms with E-state index in [0.717, 1.165) is 11.3 Å². The van der Waals surface area contributed by atoms with E-state index in [1.54, 1.807) is 18.0 Å². The van der Waals surface area contributed by atoms with Gasteiger partial charge in [-0.05, 0) is 24.6 Å². The Morgan fingerprint density at radius 1 is 1.29 bits per heavy atom. The zero-order valence-corrected chi connectivity index (χ0v) is 16.1. The highest BCUT2D eigenvalue weighted by Crippen LogP contribution is 2.13. The molecule has 9 nitrogen and oxygen atoms in total. The lowest BCUT2D eigenvalue weighted by Gasteiger charge is -2.26. The summed E-state index contributed by atoms with van der Waals surface area (Å²) in [6, 6.07) is 6.43. The fourth-order valence-electron chi connectivity index (χ4n) is 2.60. The lowest BCUT2D eigenvalue weighted by Crippen LogP contribution is -2.46. The van der Waals surface area contributed by atoms with Gasteiger partial charge in [0.2, 0.25) is 5.91 Å². The summed E-state index contributed by atoms with van der Waals surface area (Å²) in [4.78, 5) is 36.4. The van der Waals surface area contributed by atoms with Crippen LogP contribution in [-0.4, -0.2) is 63.8 Å². The molecule has 0 bridgehead atoms. The van der Waals surface area contributed by atoms with Crippen LogP contribution in [0, 0.1) is 0 Å². The number of carboxylic acid groups (broad SMARTS) is 1. The largest absolute Gasteiger partial charge is 0.497 e. The fourth-order valence-corrected chi connectivity index (χ4v) is 2.60. The van der Waals surface area contributed by atoms with Crippen LogP contribution in [0.1, 0.15) is 29.8 Å². The van der Waals surface area contributed by atoms with E-state index in [-0.39, 0.29) is 24.6 Å². The molecular weight excluding hydrogens is 364 g/mol. The normalized spacial score (nSPS) is 11.5. The molecule has 0 aliphatic carbocycles. The number of ether oxygens (including phenoxy) is 1. The molecule has 2 amide bonds. The highest BCUT2D eigenvalue weighted by molar-refractivity contribution is 5.96. The molecular formula is C19H24N4O5. The van der Waals surface area contributed by atoms with E-state index in [2.05, 4.69) is 10.4 Å². The second-order valence-corrected chi connectivity index (χ2v) is 6.27. The molecule has 1 aromatic carbocycles. The SMILES string of the molecule is COc1ccc(Cn2cc(C(=O)N(CCNC(C)=O)C(C)C(=O)O)cn2)cc1. The number of rotatable bonds is 9. The molecule has 0 fully saturated rings. The second-order valence-electron chi connectivity index (χ2n) is 6.27. The van der Waals surface area contributed by atoms with Gasteiger partial charge in [0.1, 0.15) is 11.8 Å². The molecule has 0 spiro atoms. The van der Waals surface area contributed by atoms with Gasteiger partial charge in [0.15, 0.2) is 0 Å². The van der Waals surface area contributed by atoms with E-state index in [4.69, 9.17) is 4.74 Å². The van der Waals surface area contributed by atoms with Crippen molar-refractivity contribution >= 4 is 17.8 Å². The van der Waals surface area contributed by atoms with Crippen LogP contribution in [0.2, 0.25) is 0 Å². The highest BCUT2D eigenvalue weighted by Gasteiger charge is 2.27. The minimum atomic E-state index is -1.12. The maximum Gasteiger partial charge on any atom is 0.326 e. The Balaban J connectivity index is 2.10. The molecule has 1 unspecified atom stereocenters. The molecule has 0 saturated carbocycles. The summed E-state index contributed by atoms with van der Waals surface area (Å²) < 4.78 is 6.73. The Kier molecular flexibility index (Phi) is 7.14. The lowest BCUT2D eigenvalue weighted by atomic mass is 10.2. The number of benzene rings is 1. The number of carbonyl (C=O) groups is 3. The van der Waals surface area contributed by atoms with Gasteiger partial charge >= 0.3 is 5.97 Å². The van der Waals surface area contributed by atoms with E-state index in [1.165, 1.54) is 24.9 Å². The Labute approximate surface area is 162 Å². The van der Waals surface area contributed by atoms with Crippen LogP contribution >= 0.6 is 0 Å². The van der Waals surface area contributed by atoms with E-state index >= 15 is 0 Å². The number of nitrogens with one attached hydrogen (secondary N) is 1. The summed E-state index contributed by atoms with van der Waals surface area (Å²) in [6.07, 6.45) is 2.98. The summed E-state index contributed by atoms with van der Waals surface area (Å²) in [5, 5.41) is 16.0. The van der Waals surface area contributed by atoms with Gasteiger partial charge in [-0.2, -0.15) is 5.10 Å². The first-order valence-corrected chi connectivity index (χ1v) is 8.75. The average molecular weight is 388 g/mol. The predicted octanol–water partition coefficient (Wildman–Crippen LogP) is 0.991. The van der Waals surface area contributed by atoms with Crippen molar-refractivity contribution in [1.82, 2.24) is 20.0 Å². The van der Waals surface area contributed by atoms with Crippen LogP contribution < -0.4 is 10.1 Å². The van der Waals surface area contributed by atoms with Gasteiger partial charge in [-0.15, -0.1) is 0 Å². The molecule has 2 aromatic rings.